The molecule has 0 aromatic carbocycles. The van der Waals surface area contributed by atoms with Gasteiger partial charge in [-0.1, -0.05) is 6.08 Å². The van der Waals surface area contributed by atoms with Gasteiger partial charge in [-0.05, 0) is 22.6 Å². The van der Waals surface area contributed by atoms with Gasteiger partial charge in [-0.25, -0.2) is 4.98 Å². The van der Waals surface area contributed by atoms with Crippen LogP contribution in [0.2, 0.25) is 0 Å². The van der Waals surface area contributed by atoms with Crippen LogP contribution in [0.5, 0.6) is 0 Å². The molecule has 1 aromatic rings. The normalized spacial score (nSPS) is 9.42. The van der Waals surface area contributed by atoms with Crippen molar-refractivity contribution in [3.63, 3.8) is 0 Å². The summed E-state index contributed by atoms with van der Waals surface area (Å²) < 4.78 is 0.567. The lowest BCUT2D eigenvalue weighted by Gasteiger charge is -2.02. The third-order valence-corrected chi connectivity index (χ3v) is 2.21. The van der Waals surface area contributed by atoms with Crippen LogP contribution in [0.4, 0.5) is 5.82 Å². The maximum Gasteiger partial charge on any atom is 0.266 e. The third-order valence-electron chi connectivity index (χ3n) is 1.21. The van der Waals surface area contributed by atoms with Gasteiger partial charge in [0.25, 0.3) is 5.56 Å². The molecule has 0 saturated heterocycles. The summed E-state index contributed by atoms with van der Waals surface area (Å²) in [5.41, 5.74) is -0.128. The summed E-state index contributed by atoms with van der Waals surface area (Å²) in [6.07, 6.45) is 3.08. The zero-order chi connectivity index (χ0) is 8.97. The van der Waals surface area contributed by atoms with Crippen molar-refractivity contribution in [2.75, 3.05) is 11.9 Å². The molecule has 0 amide bonds. The summed E-state index contributed by atoms with van der Waals surface area (Å²) in [7, 11) is 0. The van der Waals surface area contributed by atoms with Crippen LogP contribution in [0.1, 0.15) is 0 Å². The van der Waals surface area contributed by atoms with Gasteiger partial charge in [0.05, 0.1) is 6.33 Å². The highest BCUT2D eigenvalue weighted by molar-refractivity contribution is 14.1. The number of nitrogens with zero attached hydrogens (tertiary/aromatic N) is 1. The second-order valence-corrected chi connectivity index (χ2v) is 3.14. The van der Waals surface area contributed by atoms with E-state index in [4.69, 9.17) is 0 Å². The molecule has 12 heavy (non-hydrogen) atoms. The summed E-state index contributed by atoms with van der Waals surface area (Å²) in [6.45, 7) is 4.15. The Kier molecular flexibility index (Phi) is 3.27. The predicted octanol–water partition coefficient (Wildman–Crippen LogP) is 0.972. The van der Waals surface area contributed by atoms with E-state index >= 15 is 0 Å². The molecule has 4 nitrogen and oxygen atoms in total. The van der Waals surface area contributed by atoms with Gasteiger partial charge in [0.2, 0.25) is 0 Å². The summed E-state index contributed by atoms with van der Waals surface area (Å²) in [6, 6.07) is 0. The van der Waals surface area contributed by atoms with Gasteiger partial charge >= 0.3 is 0 Å². The Bertz CT molecular complexity index is 334. The smallest absolute Gasteiger partial charge is 0.266 e. The van der Waals surface area contributed by atoms with Crippen LogP contribution >= 0.6 is 22.6 Å². The molecule has 0 aliphatic carbocycles. The average molecular weight is 277 g/mol. The van der Waals surface area contributed by atoms with E-state index in [9.17, 15) is 4.79 Å². The van der Waals surface area contributed by atoms with Gasteiger partial charge < -0.3 is 10.3 Å². The Balaban J connectivity index is 2.92. The molecule has 5 heteroatoms. The molecule has 64 valence electrons. The fraction of sp³-hybridized carbons (Fsp3) is 0.143. The lowest BCUT2D eigenvalue weighted by molar-refractivity contribution is 1.08. The minimum Gasteiger partial charge on any atom is -0.366 e. The number of rotatable bonds is 3. The molecular weight excluding hydrogens is 269 g/mol. The largest absolute Gasteiger partial charge is 0.366 e. The Hall–Kier alpha value is -0.850. The number of hydrogen-bond acceptors (Lipinski definition) is 3. The van der Waals surface area contributed by atoms with Crippen LogP contribution in [0.3, 0.4) is 0 Å². The highest BCUT2D eigenvalue weighted by atomic mass is 127. The van der Waals surface area contributed by atoms with E-state index in [2.05, 4.69) is 21.9 Å². The number of aromatic nitrogens is 2. The molecule has 0 saturated carbocycles. The van der Waals surface area contributed by atoms with Crippen molar-refractivity contribution in [2.45, 2.75) is 0 Å². The SMILES string of the molecule is C=CCNc1nc[nH]c(=O)c1I. The molecule has 0 spiro atoms. The Morgan fingerprint density at radius 2 is 2.58 bits per heavy atom. The highest BCUT2D eigenvalue weighted by Gasteiger charge is 2.01. The fourth-order valence-electron chi connectivity index (χ4n) is 0.675. The van der Waals surface area contributed by atoms with Gasteiger partial charge in [0.1, 0.15) is 9.39 Å². The summed E-state index contributed by atoms with van der Waals surface area (Å²) in [5, 5.41) is 2.95. The predicted molar refractivity (Wildman–Crippen MR) is 56.3 cm³/mol. The maximum absolute atomic E-state index is 11.0. The molecule has 2 N–H and O–H groups in total. The van der Waals surface area contributed by atoms with Crippen LogP contribution in [0.25, 0.3) is 0 Å². The Morgan fingerprint density at radius 3 is 3.25 bits per heavy atom. The maximum atomic E-state index is 11.0. The van der Waals surface area contributed by atoms with Crippen molar-refractivity contribution < 1.29 is 0 Å². The zero-order valence-electron chi connectivity index (χ0n) is 6.30. The van der Waals surface area contributed by atoms with Crippen LogP contribution in [-0.2, 0) is 0 Å². The third kappa shape index (κ3) is 2.07. The van der Waals surface area contributed by atoms with E-state index < -0.39 is 0 Å². The topological polar surface area (TPSA) is 57.8 Å². The van der Waals surface area contributed by atoms with Gasteiger partial charge in [-0.2, -0.15) is 0 Å². The Morgan fingerprint density at radius 1 is 1.83 bits per heavy atom. The summed E-state index contributed by atoms with van der Waals surface area (Å²) in [5.74, 6) is 0.597. The monoisotopic (exact) mass is 277 g/mol. The minimum absolute atomic E-state index is 0.128. The van der Waals surface area contributed by atoms with Crippen LogP contribution in [0.15, 0.2) is 23.8 Å². The van der Waals surface area contributed by atoms with Crippen molar-refractivity contribution in [1.82, 2.24) is 9.97 Å². The second kappa shape index (κ2) is 4.24. The quantitative estimate of drug-likeness (QED) is 0.639. The highest BCUT2D eigenvalue weighted by Crippen LogP contribution is 2.07. The van der Waals surface area contributed by atoms with E-state index in [-0.39, 0.29) is 5.56 Å². The van der Waals surface area contributed by atoms with Gasteiger partial charge in [0.15, 0.2) is 0 Å². The number of H-pyrrole nitrogens is 1. The number of anilines is 1. The molecule has 1 aromatic heterocycles. The van der Waals surface area contributed by atoms with Crippen molar-refractivity contribution in [2.24, 2.45) is 0 Å². The standard InChI is InChI=1S/C7H8IN3O/c1-2-3-9-6-5(8)7(12)11-4-10-6/h2,4H,1,3H2,(H2,9,10,11,12). The van der Waals surface area contributed by atoms with Crippen molar-refractivity contribution in [1.29, 1.82) is 0 Å². The lowest BCUT2D eigenvalue weighted by Crippen LogP contribution is -2.14. The first-order valence-corrected chi connectivity index (χ1v) is 4.41. The number of aromatic amines is 1. The van der Waals surface area contributed by atoms with E-state index in [1.807, 2.05) is 22.6 Å². The molecular formula is C7H8IN3O. The van der Waals surface area contributed by atoms with E-state index in [1.165, 1.54) is 6.33 Å². The van der Waals surface area contributed by atoms with E-state index in [0.717, 1.165) is 0 Å². The van der Waals surface area contributed by atoms with Crippen LogP contribution in [0, 0.1) is 3.57 Å². The fourth-order valence-corrected chi connectivity index (χ4v) is 1.16. The summed E-state index contributed by atoms with van der Waals surface area (Å²) in [4.78, 5) is 17.5. The Labute approximate surface area is 83.2 Å². The molecule has 1 rings (SSSR count). The van der Waals surface area contributed by atoms with E-state index in [0.29, 0.717) is 15.9 Å². The first kappa shape index (κ1) is 9.24. The lowest BCUT2D eigenvalue weighted by atomic mass is 10.5. The molecule has 0 fully saturated rings. The molecule has 0 unspecified atom stereocenters. The first-order valence-electron chi connectivity index (χ1n) is 3.33. The molecule has 0 aliphatic heterocycles. The van der Waals surface area contributed by atoms with Gasteiger partial charge in [0, 0.05) is 6.54 Å². The summed E-state index contributed by atoms with van der Waals surface area (Å²) >= 11 is 1.94. The molecule has 0 radical (unpaired) electrons. The van der Waals surface area contributed by atoms with Crippen molar-refractivity contribution in [3.8, 4) is 0 Å². The molecule has 0 atom stereocenters. The van der Waals surface area contributed by atoms with Gasteiger partial charge in [-0.3, -0.25) is 4.79 Å². The second-order valence-electron chi connectivity index (χ2n) is 2.06. The van der Waals surface area contributed by atoms with Crippen molar-refractivity contribution >= 4 is 28.4 Å². The number of hydrogen-bond donors (Lipinski definition) is 2. The number of nitrogens with one attached hydrogen (secondary N) is 2. The van der Waals surface area contributed by atoms with Crippen LogP contribution < -0.4 is 10.9 Å². The molecule has 0 aliphatic rings. The van der Waals surface area contributed by atoms with Crippen LogP contribution in [-0.4, -0.2) is 16.5 Å². The average Bonchev–Trinajstić information content (AvgIpc) is 2.08. The van der Waals surface area contributed by atoms with Crippen molar-refractivity contribution in [3.05, 3.63) is 32.9 Å². The van der Waals surface area contributed by atoms with Gasteiger partial charge in [-0.15, -0.1) is 6.58 Å². The first-order chi connectivity index (χ1) is 5.75. The molecule has 1 heterocycles. The zero-order valence-corrected chi connectivity index (χ0v) is 8.46. The number of halogens is 1. The van der Waals surface area contributed by atoms with E-state index in [1.54, 1.807) is 6.08 Å². The minimum atomic E-state index is -0.128. The molecule has 0 bridgehead atoms.